The Morgan fingerprint density at radius 3 is 2.33 bits per heavy atom. The Morgan fingerprint density at radius 2 is 1.75 bits per heavy atom. The minimum atomic E-state index is -0.105. The zero-order valence-electron chi connectivity index (χ0n) is 12.9. The molecular formula is C17H16N4O2S. The summed E-state index contributed by atoms with van der Waals surface area (Å²) >= 11 is 1.25. The Kier molecular flexibility index (Phi) is 6.59. The van der Waals surface area contributed by atoms with Crippen LogP contribution >= 0.6 is 11.8 Å². The molecule has 2 aromatic rings. The molecule has 3 N–H and O–H groups in total. The van der Waals surface area contributed by atoms with Crippen molar-refractivity contribution in [1.82, 2.24) is 4.98 Å². The van der Waals surface area contributed by atoms with E-state index in [1.165, 1.54) is 11.8 Å². The molecule has 6 nitrogen and oxygen atoms in total. The highest BCUT2D eigenvalue weighted by molar-refractivity contribution is 7.99. The zero-order valence-corrected chi connectivity index (χ0v) is 13.7. The SMILES string of the molecule is N#Cc1c(NCCO)nc(SCCO)c(C#N)c1-c1ccccc1. The van der Waals surface area contributed by atoms with E-state index in [2.05, 4.69) is 22.4 Å². The molecule has 0 radical (unpaired) electrons. The fraction of sp³-hybridized carbons (Fsp3) is 0.235. The first-order chi connectivity index (χ1) is 11.8. The van der Waals surface area contributed by atoms with Crippen molar-refractivity contribution in [3.8, 4) is 23.3 Å². The lowest BCUT2D eigenvalue weighted by molar-refractivity contribution is 0.311. The number of anilines is 1. The van der Waals surface area contributed by atoms with Crippen molar-refractivity contribution in [3.63, 3.8) is 0 Å². The van der Waals surface area contributed by atoms with Crippen molar-refractivity contribution in [1.29, 1.82) is 10.5 Å². The summed E-state index contributed by atoms with van der Waals surface area (Å²) in [4.78, 5) is 4.36. The zero-order chi connectivity index (χ0) is 17.4. The standard InChI is InChI=1S/C17H16N4O2S/c18-10-13-15(12-4-2-1-3-5-12)14(11-19)17(24-9-8-23)21-16(13)20-6-7-22/h1-5,22-23H,6-9H2,(H,20,21). The van der Waals surface area contributed by atoms with Crippen molar-refractivity contribution in [2.75, 3.05) is 30.8 Å². The number of hydrogen-bond donors (Lipinski definition) is 3. The largest absolute Gasteiger partial charge is 0.396 e. The second-order valence-electron chi connectivity index (χ2n) is 4.70. The van der Waals surface area contributed by atoms with Gasteiger partial charge in [-0.2, -0.15) is 10.5 Å². The van der Waals surface area contributed by atoms with Gasteiger partial charge in [0.25, 0.3) is 0 Å². The number of pyridine rings is 1. The molecule has 24 heavy (non-hydrogen) atoms. The van der Waals surface area contributed by atoms with Crippen LogP contribution in [0, 0.1) is 22.7 Å². The summed E-state index contributed by atoms with van der Waals surface area (Å²) in [6.45, 7) is 0.0928. The summed E-state index contributed by atoms with van der Waals surface area (Å²) in [5.74, 6) is 0.714. The number of rotatable bonds is 7. The summed E-state index contributed by atoms with van der Waals surface area (Å²) in [5, 5.41) is 40.7. The van der Waals surface area contributed by atoms with E-state index in [-0.39, 0.29) is 25.3 Å². The van der Waals surface area contributed by atoms with Crippen LogP contribution in [0.15, 0.2) is 35.4 Å². The Balaban J connectivity index is 2.72. The van der Waals surface area contributed by atoms with Gasteiger partial charge in [-0.15, -0.1) is 11.8 Å². The molecular weight excluding hydrogens is 324 g/mol. The number of aliphatic hydroxyl groups is 2. The van der Waals surface area contributed by atoms with Crippen molar-refractivity contribution in [2.45, 2.75) is 5.03 Å². The van der Waals surface area contributed by atoms with Gasteiger partial charge in [0.15, 0.2) is 0 Å². The molecule has 0 aliphatic rings. The smallest absolute Gasteiger partial charge is 0.146 e. The minimum Gasteiger partial charge on any atom is -0.396 e. The lowest BCUT2D eigenvalue weighted by atomic mass is 9.97. The van der Waals surface area contributed by atoms with Gasteiger partial charge < -0.3 is 15.5 Å². The third-order valence-electron chi connectivity index (χ3n) is 3.18. The van der Waals surface area contributed by atoms with Gasteiger partial charge in [0, 0.05) is 17.9 Å². The number of nitriles is 2. The molecule has 0 spiro atoms. The lowest BCUT2D eigenvalue weighted by Crippen LogP contribution is -2.11. The van der Waals surface area contributed by atoms with E-state index in [9.17, 15) is 10.5 Å². The number of aromatic nitrogens is 1. The van der Waals surface area contributed by atoms with E-state index in [4.69, 9.17) is 10.2 Å². The van der Waals surface area contributed by atoms with Crippen LogP contribution in [0.25, 0.3) is 11.1 Å². The van der Waals surface area contributed by atoms with Gasteiger partial charge in [0.05, 0.1) is 18.8 Å². The molecule has 0 saturated carbocycles. The van der Waals surface area contributed by atoms with Gasteiger partial charge in [0.2, 0.25) is 0 Å². The van der Waals surface area contributed by atoms with Crippen LogP contribution in [-0.4, -0.2) is 40.7 Å². The van der Waals surface area contributed by atoms with Crippen molar-refractivity contribution in [3.05, 3.63) is 41.5 Å². The molecule has 2 rings (SSSR count). The molecule has 0 bridgehead atoms. The summed E-state index contributed by atoms with van der Waals surface area (Å²) in [6, 6.07) is 13.4. The van der Waals surface area contributed by atoms with E-state index in [0.717, 1.165) is 5.56 Å². The van der Waals surface area contributed by atoms with Crippen LogP contribution in [0.5, 0.6) is 0 Å². The first-order valence-electron chi connectivity index (χ1n) is 7.28. The van der Waals surface area contributed by atoms with Crippen LogP contribution in [0.4, 0.5) is 5.82 Å². The molecule has 7 heteroatoms. The molecule has 0 aliphatic heterocycles. The number of hydrogen-bond acceptors (Lipinski definition) is 7. The molecule has 1 heterocycles. The molecule has 0 unspecified atom stereocenters. The highest BCUT2D eigenvalue weighted by Gasteiger charge is 2.21. The number of nitrogens with one attached hydrogen (secondary N) is 1. The van der Waals surface area contributed by atoms with Gasteiger partial charge >= 0.3 is 0 Å². The maximum atomic E-state index is 9.61. The summed E-state index contributed by atoms with van der Waals surface area (Å²) in [6.07, 6.45) is 0. The molecule has 1 aromatic heterocycles. The predicted molar refractivity (Wildman–Crippen MR) is 92.5 cm³/mol. The Labute approximate surface area is 144 Å². The number of nitrogens with zero attached hydrogens (tertiary/aromatic N) is 3. The second-order valence-corrected chi connectivity index (χ2v) is 5.79. The summed E-state index contributed by atoms with van der Waals surface area (Å²) < 4.78 is 0. The molecule has 0 aliphatic carbocycles. The fourth-order valence-electron chi connectivity index (χ4n) is 2.22. The topological polar surface area (TPSA) is 113 Å². The molecule has 1 aromatic carbocycles. The van der Waals surface area contributed by atoms with E-state index >= 15 is 0 Å². The molecule has 0 atom stereocenters. The highest BCUT2D eigenvalue weighted by atomic mass is 32.2. The Hall–Kier alpha value is -2.58. The molecule has 0 fully saturated rings. The number of thioether (sulfide) groups is 1. The van der Waals surface area contributed by atoms with Crippen molar-refractivity contribution in [2.24, 2.45) is 0 Å². The van der Waals surface area contributed by atoms with Gasteiger partial charge in [0.1, 0.15) is 28.5 Å². The molecule has 0 saturated heterocycles. The summed E-state index contributed by atoms with van der Waals surface area (Å²) in [5.41, 5.74) is 1.83. The van der Waals surface area contributed by atoms with Crippen LogP contribution < -0.4 is 5.32 Å². The van der Waals surface area contributed by atoms with E-state index < -0.39 is 0 Å². The fourth-order valence-corrected chi connectivity index (χ4v) is 2.95. The predicted octanol–water partition coefficient (Wildman–Crippen LogP) is 1.98. The Morgan fingerprint density at radius 1 is 1.04 bits per heavy atom. The van der Waals surface area contributed by atoms with Gasteiger partial charge in [-0.05, 0) is 5.56 Å². The summed E-state index contributed by atoms with van der Waals surface area (Å²) in [7, 11) is 0. The van der Waals surface area contributed by atoms with Crippen LogP contribution in [-0.2, 0) is 0 Å². The average Bonchev–Trinajstić information content (AvgIpc) is 2.64. The normalized spacial score (nSPS) is 10.0. The van der Waals surface area contributed by atoms with E-state index in [1.807, 2.05) is 30.3 Å². The van der Waals surface area contributed by atoms with Gasteiger partial charge in [-0.25, -0.2) is 4.98 Å². The van der Waals surface area contributed by atoms with Crippen molar-refractivity contribution >= 4 is 17.6 Å². The van der Waals surface area contributed by atoms with Gasteiger partial charge in [-0.1, -0.05) is 30.3 Å². The maximum Gasteiger partial charge on any atom is 0.146 e. The minimum absolute atomic E-state index is 0.0444. The number of aliphatic hydroxyl groups excluding tert-OH is 2. The third kappa shape index (κ3) is 3.84. The van der Waals surface area contributed by atoms with Crippen LogP contribution in [0.1, 0.15) is 11.1 Å². The van der Waals surface area contributed by atoms with Gasteiger partial charge in [-0.3, -0.25) is 0 Å². The van der Waals surface area contributed by atoms with Crippen LogP contribution in [0.2, 0.25) is 0 Å². The first-order valence-corrected chi connectivity index (χ1v) is 8.27. The van der Waals surface area contributed by atoms with E-state index in [0.29, 0.717) is 27.7 Å². The Bertz CT molecular complexity index is 738. The number of benzene rings is 1. The average molecular weight is 340 g/mol. The molecule has 122 valence electrons. The maximum absolute atomic E-state index is 9.61. The third-order valence-corrected chi connectivity index (χ3v) is 4.14. The first kappa shape index (κ1) is 17.8. The van der Waals surface area contributed by atoms with Crippen molar-refractivity contribution < 1.29 is 10.2 Å². The quantitative estimate of drug-likeness (QED) is 0.660. The van der Waals surface area contributed by atoms with E-state index in [1.54, 1.807) is 0 Å². The highest BCUT2D eigenvalue weighted by Crippen LogP contribution is 2.36. The molecule has 0 amide bonds. The second kappa shape index (κ2) is 8.90. The van der Waals surface area contributed by atoms with Crippen LogP contribution in [0.3, 0.4) is 0 Å². The monoisotopic (exact) mass is 340 g/mol. The lowest BCUT2D eigenvalue weighted by Gasteiger charge is -2.15.